The van der Waals surface area contributed by atoms with Gasteiger partial charge in [-0.25, -0.2) is 0 Å². The van der Waals surface area contributed by atoms with Crippen LogP contribution in [-0.4, -0.2) is 12.6 Å². The number of carbonyl (C=O) groups is 2. The zero-order chi connectivity index (χ0) is 12.2. The third kappa shape index (κ3) is 8.46. The fourth-order valence-corrected chi connectivity index (χ4v) is 0.789. The molecule has 0 saturated carbocycles. The van der Waals surface area contributed by atoms with Crippen molar-refractivity contribution < 1.29 is 9.59 Å². The van der Waals surface area contributed by atoms with Gasteiger partial charge in [-0.2, -0.15) is 0 Å². The highest BCUT2D eigenvalue weighted by atomic mass is 16.1. The number of aldehydes is 2. The van der Waals surface area contributed by atoms with Gasteiger partial charge in [0.1, 0.15) is 12.6 Å². The molecule has 0 aromatic carbocycles. The smallest absolute Gasteiger partial charge is 0.142 e. The van der Waals surface area contributed by atoms with Crippen LogP contribution in [0, 0.1) is 11.8 Å². The van der Waals surface area contributed by atoms with Crippen molar-refractivity contribution in [2.75, 3.05) is 0 Å². The lowest BCUT2D eigenvalue weighted by atomic mass is 10.2. The van der Waals surface area contributed by atoms with Crippen LogP contribution in [0.25, 0.3) is 0 Å². The Morgan fingerprint density at radius 1 is 0.812 bits per heavy atom. The zero-order valence-corrected chi connectivity index (χ0v) is 9.44. The Morgan fingerprint density at radius 2 is 1.19 bits per heavy atom. The molecule has 0 heterocycles. The van der Waals surface area contributed by atoms with Gasteiger partial charge in [0.25, 0.3) is 0 Å². The summed E-state index contributed by atoms with van der Waals surface area (Å²) in [5, 5.41) is 0. The van der Waals surface area contributed by atoms with E-state index in [1.807, 2.05) is 13.8 Å². The molecular formula is C14H14O2. The van der Waals surface area contributed by atoms with Gasteiger partial charge >= 0.3 is 0 Å². The quantitative estimate of drug-likeness (QED) is 0.311. The van der Waals surface area contributed by atoms with E-state index < -0.39 is 0 Å². The third-order valence-electron chi connectivity index (χ3n) is 1.56. The van der Waals surface area contributed by atoms with Gasteiger partial charge in [-0.05, 0) is 49.3 Å². The minimum Gasteiger partial charge on any atom is -0.299 e. The van der Waals surface area contributed by atoms with E-state index >= 15 is 0 Å². The Hall–Kier alpha value is -2.14. The molecule has 0 amide bonds. The van der Waals surface area contributed by atoms with E-state index in [9.17, 15) is 9.59 Å². The van der Waals surface area contributed by atoms with Gasteiger partial charge in [0.2, 0.25) is 0 Å². The third-order valence-corrected chi connectivity index (χ3v) is 1.56. The summed E-state index contributed by atoms with van der Waals surface area (Å²) in [6.45, 7) is 3.72. The highest BCUT2D eigenvalue weighted by molar-refractivity contribution is 5.66. The Morgan fingerprint density at radius 3 is 1.50 bits per heavy atom. The van der Waals surface area contributed by atoms with Crippen molar-refractivity contribution in [1.29, 1.82) is 0 Å². The molecule has 16 heavy (non-hydrogen) atoms. The zero-order valence-electron chi connectivity index (χ0n) is 9.44. The summed E-state index contributed by atoms with van der Waals surface area (Å²) < 4.78 is 0. The Balaban J connectivity index is 4.41. The lowest BCUT2D eigenvalue weighted by molar-refractivity contribution is -0.104. The van der Waals surface area contributed by atoms with E-state index in [0.717, 1.165) is 23.7 Å². The molecule has 0 unspecified atom stereocenters. The van der Waals surface area contributed by atoms with Gasteiger partial charge in [0, 0.05) is 0 Å². The molecule has 0 fully saturated rings. The van der Waals surface area contributed by atoms with Crippen LogP contribution >= 0.6 is 0 Å². The van der Waals surface area contributed by atoms with Crippen LogP contribution in [0.5, 0.6) is 0 Å². The normalized spacial score (nSPS) is 12.6. The molecule has 0 atom stereocenters. The predicted molar refractivity (Wildman–Crippen MR) is 65.7 cm³/mol. The molecule has 0 rings (SSSR count). The fourth-order valence-electron chi connectivity index (χ4n) is 0.789. The maximum atomic E-state index is 10.0. The van der Waals surface area contributed by atoms with Gasteiger partial charge in [0.05, 0.1) is 0 Å². The molecular weight excluding hydrogens is 200 g/mol. The molecule has 0 aliphatic heterocycles. The standard InChI is InChI=1S/C14H14O2/c1-13(9-5-11-15)7-3-4-8-14(2)10-6-12-16/h5-12H,1-2H3/b9-5+,10-6+,13-7+,14-8+. The predicted octanol–water partition coefficient (Wildman–Crippen LogP) is 2.39. The van der Waals surface area contributed by atoms with Crippen molar-refractivity contribution in [3.63, 3.8) is 0 Å². The van der Waals surface area contributed by atoms with Crippen LogP contribution in [-0.2, 0) is 9.59 Å². The number of allylic oxidation sites excluding steroid dienone is 8. The summed E-state index contributed by atoms with van der Waals surface area (Å²) in [7, 11) is 0. The summed E-state index contributed by atoms with van der Waals surface area (Å²) in [6.07, 6.45) is 11.1. The maximum Gasteiger partial charge on any atom is 0.142 e. The van der Waals surface area contributed by atoms with E-state index in [2.05, 4.69) is 11.8 Å². The topological polar surface area (TPSA) is 34.1 Å². The molecule has 2 nitrogen and oxygen atoms in total. The average molecular weight is 214 g/mol. The molecule has 0 bridgehead atoms. The van der Waals surface area contributed by atoms with Crippen LogP contribution in [0.3, 0.4) is 0 Å². The van der Waals surface area contributed by atoms with Gasteiger partial charge in [-0.15, -0.1) is 0 Å². The lowest BCUT2D eigenvalue weighted by Crippen LogP contribution is -1.69. The van der Waals surface area contributed by atoms with Crippen molar-refractivity contribution in [2.24, 2.45) is 0 Å². The summed E-state index contributed by atoms with van der Waals surface area (Å²) in [5.74, 6) is 5.65. The molecule has 2 heteroatoms. The minimum absolute atomic E-state index is 0.721. The largest absolute Gasteiger partial charge is 0.299 e. The molecule has 82 valence electrons. The Labute approximate surface area is 96.0 Å². The molecule has 0 saturated heterocycles. The first-order valence-electron chi connectivity index (χ1n) is 4.79. The summed E-state index contributed by atoms with van der Waals surface area (Å²) in [5.41, 5.74) is 1.82. The molecule has 0 aromatic rings. The van der Waals surface area contributed by atoms with Crippen LogP contribution in [0.15, 0.2) is 47.6 Å². The van der Waals surface area contributed by atoms with E-state index in [0.29, 0.717) is 0 Å². The fraction of sp³-hybridized carbons (Fsp3) is 0.143. The van der Waals surface area contributed by atoms with Crippen molar-refractivity contribution in [3.8, 4) is 11.8 Å². The SMILES string of the molecule is CC(/C=C/C=O)=C\C#C/C=C(C)/C=C/C=O. The summed E-state index contributed by atoms with van der Waals surface area (Å²) in [4.78, 5) is 20.1. The van der Waals surface area contributed by atoms with E-state index in [4.69, 9.17) is 0 Å². The van der Waals surface area contributed by atoms with Crippen molar-refractivity contribution in [3.05, 3.63) is 47.6 Å². The number of hydrogen-bond acceptors (Lipinski definition) is 2. The first kappa shape index (κ1) is 13.9. The number of rotatable bonds is 4. The maximum absolute atomic E-state index is 10.0. The van der Waals surface area contributed by atoms with Crippen molar-refractivity contribution in [1.82, 2.24) is 0 Å². The minimum atomic E-state index is 0.721. The number of carbonyl (C=O) groups excluding carboxylic acids is 2. The Kier molecular flexibility index (Phi) is 8.16. The highest BCUT2D eigenvalue weighted by Gasteiger charge is 1.77. The van der Waals surface area contributed by atoms with Gasteiger partial charge in [-0.1, -0.05) is 24.0 Å². The molecule has 0 spiro atoms. The monoisotopic (exact) mass is 214 g/mol. The summed E-state index contributed by atoms with van der Waals surface area (Å²) in [6, 6.07) is 0. The van der Waals surface area contributed by atoms with Gasteiger partial charge in [0.15, 0.2) is 0 Å². The highest BCUT2D eigenvalue weighted by Crippen LogP contribution is 1.94. The van der Waals surface area contributed by atoms with E-state index in [1.54, 1.807) is 24.3 Å². The first-order valence-corrected chi connectivity index (χ1v) is 4.79. The van der Waals surface area contributed by atoms with Crippen molar-refractivity contribution >= 4 is 12.6 Å². The van der Waals surface area contributed by atoms with Crippen molar-refractivity contribution in [2.45, 2.75) is 13.8 Å². The lowest BCUT2D eigenvalue weighted by Gasteiger charge is -1.84. The average Bonchev–Trinajstić information content (AvgIpc) is 2.29. The van der Waals surface area contributed by atoms with Gasteiger partial charge < -0.3 is 0 Å². The number of hydrogen-bond donors (Lipinski definition) is 0. The molecule has 0 aromatic heterocycles. The van der Waals surface area contributed by atoms with E-state index in [-0.39, 0.29) is 0 Å². The van der Waals surface area contributed by atoms with Crippen LogP contribution in [0.2, 0.25) is 0 Å². The van der Waals surface area contributed by atoms with Crippen LogP contribution in [0.1, 0.15) is 13.8 Å². The second-order valence-corrected chi connectivity index (χ2v) is 3.06. The van der Waals surface area contributed by atoms with Crippen LogP contribution < -0.4 is 0 Å². The van der Waals surface area contributed by atoms with Gasteiger partial charge in [-0.3, -0.25) is 9.59 Å². The second-order valence-electron chi connectivity index (χ2n) is 3.06. The second kappa shape index (κ2) is 9.42. The Bertz CT molecular complexity index is 372. The first-order chi connectivity index (χ1) is 7.70. The van der Waals surface area contributed by atoms with Crippen LogP contribution in [0.4, 0.5) is 0 Å². The molecule has 0 radical (unpaired) electrons. The molecule has 0 aliphatic rings. The van der Waals surface area contributed by atoms with E-state index in [1.165, 1.54) is 12.2 Å². The molecule has 0 aliphatic carbocycles. The molecule has 0 N–H and O–H groups in total. The summed E-state index contributed by atoms with van der Waals surface area (Å²) >= 11 is 0.